The molecule has 0 bridgehead atoms. The fourth-order valence-corrected chi connectivity index (χ4v) is 6.87. The Labute approximate surface area is 380 Å². The van der Waals surface area contributed by atoms with Crippen molar-refractivity contribution in [1.29, 1.82) is 0 Å². The molecule has 2 amide bonds. The molecule has 0 aliphatic heterocycles. The van der Waals surface area contributed by atoms with Crippen LogP contribution in [0.1, 0.15) is 11.5 Å². The molecule has 326 valence electrons. The molecule has 4 aromatic carbocycles. The van der Waals surface area contributed by atoms with Crippen LogP contribution in [-0.4, -0.2) is 42.6 Å². The van der Waals surface area contributed by atoms with Gasteiger partial charge in [0.25, 0.3) is 0 Å². The van der Waals surface area contributed by atoms with Crippen molar-refractivity contribution >= 4 is 91.5 Å². The molecule has 8 rings (SSSR count). The molecule has 0 aliphatic rings. The third kappa shape index (κ3) is 11.6. The summed E-state index contributed by atoms with van der Waals surface area (Å²) < 4.78 is 32.2. The molecular formula is C49H38N4O10S2. The Morgan fingerprint density at radius 2 is 1.15 bits per heavy atom. The first-order valence-electron chi connectivity index (χ1n) is 19.5. The number of carbonyl (C=O) groups excluding carboxylic acids is 2. The van der Waals surface area contributed by atoms with Gasteiger partial charge in [-0.15, -0.1) is 0 Å². The number of ether oxygens (including phenoxy) is 2. The van der Waals surface area contributed by atoms with Gasteiger partial charge in [0.1, 0.15) is 34.2 Å². The number of rotatable bonds is 10. The van der Waals surface area contributed by atoms with E-state index in [9.17, 15) is 19.2 Å². The number of nitrogens with zero attached hydrogens (tertiary/aromatic N) is 1. The molecule has 65 heavy (non-hydrogen) atoms. The van der Waals surface area contributed by atoms with Crippen LogP contribution in [0.2, 0.25) is 0 Å². The molecule has 14 nitrogen and oxygen atoms in total. The number of hydrogen-bond donors (Lipinski definition) is 3. The van der Waals surface area contributed by atoms with Crippen LogP contribution in [-0.2, 0) is 9.59 Å². The average molecular weight is 907 g/mol. The van der Waals surface area contributed by atoms with Gasteiger partial charge in [0.15, 0.2) is 10.3 Å². The van der Waals surface area contributed by atoms with E-state index in [1.807, 2.05) is 30.3 Å². The normalized spacial score (nSPS) is 11.3. The van der Waals surface area contributed by atoms with Crippen LogP contribution in [0, 0.1) is 0 Å². The zero-order chi connectivity index (χ0) is 45.7. The van der Waals surface area contributed by atoms with Crippen molar-refractivity contribution in [2.75, 3.05) is 25.8 Å². The summed E-state index contributed by atoms with van der Waals surface area (Å²) in [5.41, 5.74) is 3.19. The number of nitrogens with one attached hydrogen (secondary N) is 3. The summed E-state index contributed by atoms with van der Waals surface area (Å²) in [5.74, 6) is 1.30. The molecule has 4 heterocycles. The highest BCUT2D eigenvalue weighted by atomic mass is 32.2. The maximum absolute atomic E-state index is 12.6. The number of anilines is 1. The third-order valence-corrected chi connectivity index (χ3v) is 10.1. The molecule has 0 fully saturated rings. The lowest BCUT2D eigenvalue weighted by atomic mass is 10.0. The lowest BCUT2D eigenvalue weighted by molar-refractivity contribution is -0.115. The third-order valence-electron chi connectivity index (χ3n) is 9.28. The minimum atomic E-state index is -0.464. The number of amides is 2. The van der Waals surface area contributed by atoms with Crippen molar-refractivity contribution in [3.8, 4) is 33.8 Å². The standard InChI is InChI=1S/C25H20N2O5S.C24H18N2O5S/c1-30-22-15-17(26-25(33-2)27-23(28)12-10-18-7-5-13-31-18)9-11-19(22)20-14-16-6-3-4-8-21(16)32-24(20)29;1-29-21-14-16(25-24(32)26-22(27)11-9-17-6-4-12-30-17)8-10-18(21)19-13-15-5-2-3-7-20(15)31-23(19)28/h3-15H,1-2H3,(H,26,27,28);2-14H,1H3,(H2,25,26,27,32)/b12-10+;11-9+. The quantitative estimate of drug-likeness (QED) is 0.0387. The van der Waals surface area contributed by atoms with Crippen LogP contribution >= 0.6 is 24.0 Å². The number of benzene rings is 4. The molecule has 0 spiro atoms. The van der Waals surface area contributed by atoms with Crippen molar-refractivity contribution in [2.45, 2.75) is 0 Å². The number of carbonyl (C=O) groups is 2. The summed E-state index contributed by atoms with van der Waals surface area (Å²) in [6, 6.07) is 35.4. The fraction of sp³-hybridized carbons (Fsp3) is 0.0612. The predicted octanol–water partition coefficient (Wildman–Crippen LogP) is 9.83. The van der Waals surface area contributed by atoms with Crippen molar-refractivity contribution in [1.82, 2.24) is 10.6 Å². The van der Waals surface area contributed by atoms with E-state index < -0.39 is 17.2 Å². The second-order valence-electron chi connectivity index (χ2n) is 13.5. The summed E-state index contributed by atoms with van der Waals surface area (Å²) >= 11 is 6.49. The molecule has 0 saturated heterocycles. The summed E-state index contributed by atoms with van der Waals surface area (Å²) in [6.45, 7) is 0. The summed E-state index contributed by atoms with van der Waals surface area (Å²) in [5, 5.41) is 10.3. The van der Waals surface area contributed by atoms with Crippen LogP contribution < -0.4 is 36.7 Å². The maximum Gasteiger partial charge on any atom is 0.344 e. The van der Waals surface area contributed by atoms with E-state index in [0.29, 0.717) is 73.0 Å². The lowest BCUT2D eigenvalue weighted by Gasteiger charge is -2.13. The van der Waals surface area contributed by atoms with Gasteiger partial charge in [-0.05, 0) is 103 Å². The Morgan fingerprint density at radius 1 is 0.631 bits per heavy atom. The van der Waals surface area contributed by atoms with Gasteiger partial charge in [0, 0.05) is 51.9 Å². The van der Waals surface area contributed by atoms with Gasteiger partial charge >= 0.3 is 11.3 Å². The number of furan rings is 2. The molecule has 0 saturated carbocycles. The van der Waals surface area contributed by atoms with E-state index in [2.05, 4.69) is 20.9 Å². The zero-order valence-corrected chi connectivity index (χ0v) is 36.5. The minimum Gasteiger partial charge on any atom is -0.496 e. The molecule has 0 radical (unpaired) electrons. The average Bonchev–Trinajstić information content (AvgIpc) is 4.05. The van der Waals surface area contributed by atoms with E-state index in [-0.39, 0.29) is 11.0 Å². The van der Waals surface area contributed by atoms with E-state index in [1.165, 1.54) is 56.7 Å². The lowest BCUT2D eigenvalue weighted by Crippen LogP contribution is -2.32. The van der Waals surface area contributed by atoms with Gasteiger partial charge in [-0.2, -0.15) is 0 Å². The number of thiocarbonyl (C=S) groups is 1. The second kappa shape index (κ2) is 21.2. The molecule has 4 aromatic heterocycles. The Morgan fingerprint density at radius 3 is 1.68 bits per heavy atom. The van der Waals surface area contributed by atoms with Crippen molar-refractivity contribution in [3.05, 3.63) is 178 Å². The van der Waals surface area contributed by atoms with Crippen LogP contribution in [0.4, 0.5) is 11.4 Å². The molecule has 0 aliphatic carbocycles. The van der Waals surface area contributed by atoms with Crippen LogP contribution in [0.3, 0.4) is 0 Å². The summed E-state index contributed by atoms with van der Waals surface area (Å²) in [7, 11) is 3.02. The van der Waals surface area contributed by atoms with Crippen molar-refractivity contribution in [2.24, 2.45) is 4.99 Å². The largest absolute Gasteiger partial charge is 0.496 e. The number of hydrogen-bond acceptors (Lipinski definition) is 13. The topological polar surface area (TPSA) is 188 Å². The van der Waals surface area contributed by atoms with Gasteiger partial charge in [-0.1, -0.05) is 48.2 Å². The molecule has 16 heteroatoms. The molecule has 3 N–H and O–H groups in total. The number of amidine groups is 1. The van der Waals surface area contributed by atoms with Crippen molar-refractivity contribution < 1.29 is 36.7 Å². The van der Waals surface area contributed by atoms with Gasteiger partial charge in [0.2, 0.25) is 11.8 Å². The van der Waals surface area contributed by atoms with Crippen molar-refractivity contribution in [3.63, 3.8) is 0 Å². The Kier molecular flexibility index (Phi) is 14.7. The number of aliphatic imine (C=N–C) groups is 1. The SMILES string of the molecule is COc1cc(N=C(NC(=O)/C=C/c2ccco2)SC)ccc1-c1cc2ccccc2oc1=O.COc1cc(NC(=S)NC(=O)/C=C/c2ccco2)ccc1-c1cc2ccccc2oc1=O. The molecule has 0 atom stereocenters. The van der Waals surface area contributed by atoms with E-state index in [4.69, 9.17) is 39.4 Å². The molecule has 0 unspecified atom stereocenters. The smallest absolute Gasteiger partial charge is 0.344 e. The Hall–Kier alpha value is -8.21. The highest BCUT2D eigenvalue weighted by Gasteiger charge is 2.16. The monoisotopic (exact) mass is 906 g/mol. The number of thioether (sulfide) groups is 1. The van der Waals surface area contributed by atoms with Gasteiger partial charge in [-0.3, -0.25) is 14.9 Å². The van der Waals surface area contributed by atoms with Crippen LogP contribution in [0.5, 0.6) is 11.5 Å². The number of fused-ring (bicyclic) bond motifs is 2. The first-order valence-corrected chi connectivity index (χ1v) is 21.2. The van der Waals surface area contributed by atoms with E-state index in [0.717, 1.165) is 10.8 Å². The first-order chi connectivity index (χ1) is 31.6. The minimum absolute atomic E-state index is 0.110. The maximum atomic E-state index is 12.6. The zero-order valence-electron chi connectivity index (χ0n) is 34.9. The first kappa shape index (κ1) is 44.8. The van der Waals surface area contributed by atoms with Gasteiger partial charge in [0.05, 0.1) is 43.6 Å². The van der Waals surface area contributed by atoms with E-state index >= 15 is 0 Å². The second-order valence-corrected chi connectivity index (χ2v) is 14.7. The number of methoxy groups -OCH3 is 2. The summed E-state index contributed by atoms with van der Waals surface area (Å²) in [4.78, 5) is 53.8. The Bertz CT molecular complexity index is 3210. The molecule has 8 aromatic rings. The van der Waals surface area contributed by atoms with E-state index in [1.54, 1.807) is 103 Å². The fourth-order valence-electron chi connectivity index (χ4n) is 6.26. The highest BCUT2D eigenvalue weighted by molar-refractivity contribution is 8.13. The number of para-hydroxylation sites is 2. The van der Waals surface area contributed by atoms with Gasteiger partial charge < -0.3 is 37.8 Å². The highest BCUT2D eigenvalue weighted by Crippen LogP contribution is 2.34. The molecular weight excluding hydrogens is 869 g/mol. The van der Waals surface area contributed by atoms with Crippen LogP contribution in [0.15, 0.2) is 178 Å². The predicted molar refractivity (Wildman–Crippen MR) is 258 cm³/mol. The van der Waals surface area contributed by atoms with Gasteiger partial charge in [-0.25, -0.2) is 14.6 Å². The van der Waals surface area contributed by atoms with Crippen LogP contribution in [0.25, 0.3) is 56.3 Å². The Balaban J connectivity index is 0.000000194. The summed E-state index contributed by atoms with van der Waals surface area (Å²) in [6.07, 6.45) is 10.6.